The molecule has 130 valence electrons. The SMILES string of the molecule is Cc1ccc(C(N)CNS(=O)(=O)c2cnn(C3CCOC3)c2)cc1. The minimum atomic E-state index is -3.63. The first-order valence-electron chi connectivity index (χ1n) is 7.89. The maximum absolute atomic E-state index is 12.4. The summed E-state index contributed by atoms with van der Waals surface area (Å²) in [5.41, 5.74) is 8.10. The monoisotopic (exact) mass is 350 g/mol. The van der Waals surface area contributed by atoms with Gasteiger partial charge in [-0.25, -0.2) is 13.1 Å². The number of hydrogen-bond acceptors (Lipinski definition) is 5. The Morgan fingerprint density at radius 2 is 2.17 bits per heavy atom. The molecule has 24 heavy (non-hydrogen) atoms. The molecule has 1 fully saturated rings. The number of rotatable bonds is 6. The lowest BCUT2D eigenvalue weighted by Crippen LogP contribution is -2.31. The average molecular weight is 350 g/mol. The van der Waals surface area contributed by atoms with Gasteiger partial charge >= 0.3 is 0 Å². The molecular formula is C16H22N4O3S. The number of benzene rings is 1. The summed E-state index contributed by atoms with van der Waals surface area (Å²) in [6.45, 7) is 3.36. The van der Waals surface area contributed by atoms with Crippen LogP contribution in [0, 0.1) is 6.92 Å². The molecule has 0 saturated carbocycles. The predicted molar refractivity (Wildman–Crippen MR) is 90.0 cm³/mol. The van der Waals surface area contributed by atoms with Crippen molar-refractivity contribution in [1.29, 1.82) is 0 Å². The van der Waals surface area contributed by atoms with E-state index < -0.39 is 16.1 Å². The molecule has 2 heterocycles. The highest BCUT2D eigenvalue weighted by Gasteiger charge is 2.22. The minimum Gasteiger partial charge on any atom is -0.379 e. The summed E-state index contributed by atoms with van der Waals surface area (Å²) in [6, 6.07) is 7.43. The molecule has 0 spiro atoms. The van der Waals surface area contributed by atoms with Gasteiger partial charge in [0.2, 0.25) is 10.0 Å². The molecule has 1 aromatic heterocycles. The van der Waals surface area contributed by atoms with Crippen molar-refractivity contribution in [2.75, 3.05) is 19.8 Å². The van der Waals surface area contributed by atoms with Crippen LogP contribution in [0.25, 0.3) is 0 Å². The molecule has 3 rings (SSSR count). The molecule has 0 radical (unpaired) electrons. The maximum Gasteiger partial charge on any atom is 0.243 e. The van der Waals surface area contributed by atoms with E-state index in [4.69, 9.17) is 10.5 Å². The van der Waals surface area contributed by atoms with Crippen LogP contribution in [-0.4, -0.2) is 38.0 Å². The molecule has 2 unspecified atom stereocenters. The number of hydrogen-bond donors (Lipinski definition) is 2. The minimum absolute atomic E-state index is 0.101. The Hall–Kier alpha value is -1.74. The molecule has 1 saturated heterocycles. The summed E-state index contributed by atoms with van der Waals surface area (Å²) in [5.74, 6) is 0. The van der Waals surface area contributed by atoms with E-state index in [1.165, 1.54) is 6.20 Å². The Bertz CT molecular complexity index is 780. The van der Waals surface area contributed by atoms with Gasteiger partial charge in [-0.2, -0.15) is 5.10 Å². The highest BCUT2D eigenvalue weighted by atomic mass is 32.2. The third-order valence-electron chi connectivity index (χ3n) is 4.17. The number of aryl methyl sites for hydroxylation is 1. The normalized spacial score (nSPS) is 19.5. The number of nitrogens with one attached hydrogen (secondary N) is 1. The van der Waals surface area contributed by atoms with Crippen LogP contribution in [0.5, 0.6) is 0 Å². The molecular weight excluding hydrogens is 328 g/mol. The van der Waals surface area contributed by atoms with Gasteiger partial charge in [0.05, 0.1) is 18.8 Å². The Balaban J connectivity index is 1.64. The fraction of sp³-hybridized carbons (Fsp3) is 0.438. The maximum atomic E-state index is 12.4. The first kappa shape index (κ1) is 17.1. The van der Waals surface area contributed by atoms with Crippen LogP contribution in [0.3, 0.4) is 0 Å². The predicted octanol–water partition coefficient (Wildman–Crippen LogP) is 1.13. The zero-order chi connectivity index (χ0) is 17.2. The molecule has 0 amide bonds. The van der Waals surface area contributed by atoms with Crippen LogP contribution in [0.15, 0.2) is 41.6 Å². The van der Waals surface area contributed by atoms with Gasteiger partial charge in [-0.1, -0.05) is 29.8 Å². The van der Waals surface area contributed by atoms with Gasteiger partial charge in [-0.3, -0.25) is 4.68 Å². The van der Waals surface area contributed by atoms with Crippen molar-refractivity contribution in [3.05, 3.63) is 47.8 Å². The summed E-state index contributed by atoms with van der Waals surface area (Å²) in [5, 5.41) is 4.15. The molecule has 7 nitrogen and oxygen atoms in total. The second kappa shape index (κ2) is 7.02. The Morgan fingerprint density at radius 3 is 2.83 bits per heavy atom. The lowest BCUT2D eigenvalue weighted by molar-refractivity contribution is 0.184. The van der Waals surface area contributed by atoms with Crippen molar-refractivity contribution in [2.24, 2.45) is 5.73 Å². The molecule has 2 aromatic rings. The quantitative estimate of drug-likeness (QED) is 0.814. The summed E-state index contributed by atoms with van der Waals surface area (Å²) in [7, 11) is -3.63. The summed E-state index contributed by atoms with van der Waals surface area (Å²) in [4.78, 5) is 0.144. The number of nitrogens with two attached hydrogens (primary N) is 1. The molecule has 3 N–H and O–H groups in total. The Labute approximate surface area is 141 Å². The molecule has 1 aliphatic heterocycles. The molecule has 1 aromatic carbocycles. The van der Waals surface area contributed by atoms with Gasteiger partial charge in [0.1, 0.15) is 4.90 Å². The Kier molecular flexibility index (Phi) is 5.00. The van der Waals surface area contributed by atoms with E-state index in [0.717, 1.165) is 17.5 Å². The van der Waals surface area contributed by atoms with Crippen molar-refractivity contribution in [3.8, 4) is 0 Å². The van der Waals surface area contributed by atoms with Crippen molar-refractivity contribution >= 4 is 10.0 Å². The highest BCUT2D eigenvalue weighted by Crippen LogP contribution is 2.20. The van der Waals surface area contributed by atoms with E-state index in [0.29, 0.717) is 13.2 Å². The highest BCUT2D eigenvalue weighted by molar-refractivity contribution is 7.89. The Morgan fingerprint density at radius 1 is 1.42 bits per heavy atom. The van der Waals surface area contributed by atoms with E-state index in [2.05, 4.69) is 9.82 Å². The van der Waals surface area contributed by atoms with Crippen molar-refractivity contribution in [3.63, 3.8) is 0 Å². The lowest BCUT2D eigenvalue weighted by Gasteiger charge is -2.13. The van der Waals surface area contributed by atoms with Gasteiger partial charge in [-0.15, -0.1) is 0 Å². The average Bonchev–Trinajstić information content (AvgIpc) is 3.24. The smallest absolute Gasteiger partial charge is 0.243 e. The zero-order valence-corrected chi connectivity index (χ0v) is 14.4. The first-order valence-corrected chi connectivity index (χ1v) is 9.38. The van der Waals surface area contributed by atoms with Gasteiger partial charge in [0.15, 0.2) is 0 Å². The van der Waals surface area contributed by atoms with Crippen LogP contribution < -0.4 is 10.5 Å². The van der Waals surface area contributed by atoms with Crippen LogP contribution in [0.1, 0.15) is 29.6 Å². The topological polar surface area (TPSA) is 99.2 Å². The third kappa shape index (κ3) is 3.84. The zero-order valence-electron chi connectivity index (χ0n) is 13.6. The molecule has 0 aliphatic carbocycles. The van der Waals surface area contributed by atoms with Crippen LogP contribution in [-0.2, 0) is 14.8 Å². The van der Waals surface area contributed by atoms with E-state index in [1.54, 1.807) is 10.9 Å². The summed E-state index contributed by atoms with van der Waals surface area (Å²) >= 11 is 0. The van der Waals surface area contributed by atoms with E-state index in [9.17, 15) is 8.42 Å². The number of sulfonamides is 1. The van der Waals surface area contributed by atoms with Crippen molar-refractivity contribution in [1.82, 2.24) is 14.5 Å². The summed E-state index contributed by atoms with van der Waals surface area (Å²) < 4.78 is 34.3. The van der Waals surface area contributed by atoms with Crippen molar-refractivity contribution in [2.45, 2.75) is 30.3 Å². The van der Waals surface area contributed by atoms with Crippen LogP contribution in [0.4, 0.5) is 0 Å². The fourth-order valence-electron chi connectivity index (χ4n) is 2.60. The van der Waals surface area contributed by atoms with Crippen LogP contribution in [0.2, 0.25) is 0 Å². The fourth-order valence-corrected chi connectivity index (χ4v) is 3.60. The number of ether oxygens (including phenoxy) is 1. The first-order chi connectivity index (χ1) is 11.5. The third-order valence-corrected chi connectivity index (χ3v) is 5.54. The molecule has 0 bridgehead atoms. The summed E-state index contributed by atoms with van der Waals surface area (Å²) in [6.07, 6.45) is 3.74. The van der Waals surface area contributed by atoms with Gasteiger partial charge in [0.25, 0.3) is 0 Å². The van der Waals surface area contributed by atoms with E-state index in [1.807, 2.05) is 31.2 Å². The van der Waals surface area contributed by atoms with Crippen LogP contribution >= 0.6 is 0 Å². The largest absolute Gasteiger partial charge is 0.379 e. The van der Waals surface area contributed by atoms with E-state index >= 15 is 0 Å². The number of aromatic nitrogens is 2. The molecule has 1 aliphatic rings. The second-order valence-electron chi connectivity index (χ2n) is 6.04. The number of nitrogens with zero attached hydrogens (tertiary/aromatic N) is 2. The van der Waals surface area contributed by atoms with Crippen molar-refractivity contribution < 1.29 is 13.2 Å². The van der Waals surface area contributed by atoms with Gasteiger partial charge in [-0.05, 0) is 18.9 Å². The molecule has 8 heteroatoms. The standard InChI is InChI=1S/C16H22N4O3S/c1-12-2-4-13(5-3-12)16(17)9-19-24(21,22)15-8-18-20(10-15)14-6-7-23-11-14/h2-5,8,10,14,16,19H,6-7,9,11,17H2,1H3. The second-order valence-corrected chi connectivity index (χ2v) is 7.81. The molecule has 2 atom stereocenters. The van der Waals surface area contributed by atoms with Gasteiger partial charge < -0.3 is 10.5 Å². The van der Waals surface area contributed by atoms with E-state index in [-0.39, 0.29) is 17.5 Å². The lowest BCUT2D eigenvalue weighted by atomic mass is 10.1. The van der Waals surface area contributed by atoms with Gasteiger partial charge in [0, 0.05) is 25.4 Å².